The number of hydrogen-bond acceptors (Lipinski definition) is 5. The monoisotopic (exact) mass is 312 g/mol. The summed E-state index contributed by atoms with van der Waals surface area (Å²) in [4.78, 5) is 32.6. The summed E-state index contributed by atoms with van der Waals surface area (Å²) >= 11 is 0. The lowest BCUT2D eigenvalue weighted by atomic mass is 10.1. The van der Waals surface area contributed by atoms with Gasteiger partial charge in [0.2, 0.25) is 5.91 Å². The molecule has 8 nitrogen and oxygen atoms in total. The number of amides is 1. The van der Waals surface area contributed by atoms with Gasteiger partial charge in [0.05, 0.1) is 12.2 Å². The molecule has 0 aliphatic heterocycles. The van der Waals surface area contributed by atoms with E-state index in [-0.39, 0.29) is 24.1 Å². The zero-order valence-corrected chi connectivity index (χ0v) is 12.8. The predicted octanol–water partition coefficient (Wildman–Crippen LogP) is 0.402. The molecule has 3 aromatic rings. The van der Waals surface area contributed by atoms with E-state index in [2.05, 4.69) is 20.4 Å². The van der Waals surface area contributed by atoms with Crippen LogP contribution in [0.5, 0.6) is 0 Å². The molecule has 0 radical (unpaired) electrons. The van der Waals surface area contributed by atoms with Crippen LogP contribution in [0.2, 0.25) is 0 Å². The number of fused-ring (bicyclic) bond motifs is 1. The minimum Gasteiger partial charge on any atom is -0.348 e. The van der Waals surface area contributed by atoms with Crippen LogP contribution in [0.3, 0.4) is 0 Å². The molecule has 3 aromatic heterocycles. The van der Waals surface area contributed by atoms with E-state index in [0.717, 1.165) is 5.56 Å². The van der Waals surface area contributed by atoms with Gasteiger partial charge in [0.15, 0.2) is 5.65 Å². The van der Waals surface area contributed by atoms with Crippen molar-refractivity contribution in [1.29, 1.82) is 0 Å². The number of carbonyl (C=O) groups excluding carboxylic acids is 1. The first-order valence-electron chi connectivity index (χ1n) is 7.12. The molecule has 0 aliphatic rings. The van der Waals surface area contributed by atoms with E-state index in [1.807, 2.05) is 19.1 Å². The Bertz CT molecular complexity index is 899. The molecule has 23 heavy (non-hydrogen) atoms. The maximum atomic E-state index is 12.3. The molecule has 0 aliphatic carbocycles. The lowest BCUT2D eigenvalue weighted by molar-refractivity contribution is -0.122. The first-order valence-corrected chi connectivity index (χ1v) is 7.12. The van der Waals surface area contributed by atoms with Crippen LogP contribution in [0, 0.1) is 0 Å². The molecular formula is C15H16N6O2. The normalized spacial score (nSPS) is 12.3. The molecule has 1 N–H and O–H groups in total. The minimum absolute atomic E-state index is 0.0912. The lowest BCUT2D eigenvalue weighted by Crippen LogP contribution is -2.33. The van der Waals surface area contributed by atoms with Crippen LogP contribution in [0.15, 0.2) is 41.8 Å². The van der Waals surface area contributed by atoms with Gasteiger partial charge in [0.25, 0.3) is 5.56 Å². The Balaban J connectivity index is 1.75. The SMILES string of the molecule is CC(NC(=O)Cn1cnc2c(cnn2C)c1=O)c1ccncc1. The Morgan fingerprint density at radius 1 is 1.35 bits per heavy atom. The predicted molar refractivity (Wildman–Crippen MR) is 83.6 cm³/mol. The van der Waals surface area contributed by atoms with E-state index in [1.54, 1.807) is 19.4 Å². The molecule has 0 spiro atoms. The minimum atomic E-state index is -0.283. The molecule has 3 rings (SSSR count). The summed E-state index contributed by atoms with van der Waals surface area (Å²) in [5.74, 6) is -0.263. The standard InChI is InChI=1S/C15H16N6O2/c1-10(11-3-5-16-6-4-11)19-13(22)8-21-9-17-14-12(15(21)23)7-18-20(14)2/h3-7,9-10H,8H2,1-2H3,(H,19,22). The van der Waals surface area contributed by atoms with Crippen LogP contribution in [0.4, 0.5) is 0 Å². The number of carbonyl (C=O) groups is 1. The number of hydrogen-bond donors (Lipinski definition) is 1. The maximum absolute atomic E-state index is 12.3. The summed E-state index contributed by atoms with van der Waals surface area (Å²) in [6, 6.07) is 3.50. The fourth-order valence-corrected chi connectivity index (χ4v) is 2.36. The van der Waals surface area contributed by atoms with E-state index in [1.165, 1.54) is 21.8 Å². The third-order valence-electron chi connectivity index (χ3n) is 3.62. The van der Waals surface area contributed by atoms with E-state index < -0.39 is 0 Å². The van der Waals surface area contributed by atoms with Gasteiger partial charge in [-0.3, -0.25) is 23.8 Å². The quantitative estimate of drug-likeness (QED) is 0.752. The van der Waals surface area contributed by atoms with Gasteiger partial charge in [-0.1, -0.05) is 0 Å². The van der Waals surface area contributed by atoms with E-state index in [4.69, 9.17) is 0 Å². The zero-order chi connectivity index (χ0) is 16.4. The van der Waals surface area contributed by atoms with Crippen molar-refractivity contribution in [3.8, 4) is 0 Å². The highest BCUT2D eigenvalue weighted by atomic mass is 16.2. The third kappa shape index (κ3) is 2.96. The molecule has 1 unspecified atom stereocenters. The molecule has 1 atom stereocenters. The second kappa shape index (κ2) is 5.99. The van der Waals surface area contributed by atoms with Crippen molar-refractivity contribution in [3.05, 3.63) is 53.0 Å². The zero-order valence-electron chi connectivity index (χ0n) is 12.8. The van der Waals surface area contributed by atoms with Crippen molar-refractivity contribution >= 4 is 16.9 Å². The van der Waals surface area contributed by atoms with Crippen molar-refractivity contribution in [3.63, 3.8) is 0 Å². The van der Waals surface area contributed by atoms with Crippen molar-refractivity contribution < 1.29 is 4.79 Å². The summed E-state index contributed by atoms with van der Waals surface area (Å²) in [6.45, 7) is 1.78. The number of pyridine rings is 1. The highest BCUT2D eigenvalue weighted by Gasteiger charge is 2.13. The van der Waals surface area contributed by atoms with Crippen molar-refractivity contribution in [2.75, 3.05) is 0 Å². The number of rotatable bonds is 4. The largest absolute Gasteiger partial charge is 0.348 e. The van der Waals surface area contributed by atoms with Gasteiger partial charge in [0, 0.05) is 19.4 Å². The molecule has 0 aromatic carbocycles. The van der Waals surface area contributed by atoms with Crippen LogP contribution in [0.1, 0.15) is 18.5 Å². The van der Waals surface area contributed by atoms with E-state index >= 15 is 0 Å². The molecule has 118 valence electrons. The van der Waals surface area contributed by atoms with Gasteiger partial charge < -0.3 is 5.32 Å². The summed E-state index contributed by atoms with van der Waals surface area (Å²) in [5, 5.41) is 7.24. The molecule has 3 heterocycles. The molecule has 0 fully saturated rings. The van der Waals surface area contributed by atoms with Crippen LogP contribution < -0.4 is 10.9 Å². The second-order valence-corrected chi connectivity index (χ2v) is 5.25. The van der Waals surface area contributed by atoms with Crippen LogP contribution in [0.25, 0.3) is 11.0 Å². The molecule has 0 saturated heterocycles. The average molecular weight is 312 g/mol. The fraction of sp³-hybridized carbons (Fsp3) is 0.267. The Labute approximate surface area is 131 Å². The first-order chi connectivity index (χ1) is 11.1. The smallest absolute Gasteiger partial charge is 0.264 e. The Morgan fingerprint density at radius 2 is 2.09 bits per heavy atom. The average Bonchev–Trinajstić information content (AvgIpc) is 2.93. The Kier molecular flexibility index (Phi) is 3.88. The summed E-state index contributed by atoms with van der Waals surface area (Å²) in [5.41, 5.74) is 1.16. The highest BCUT2D eigenvalue weighted by molar-refractivity contribution is 5.77. The van der Waals surface area contributed by atoms with Crippen LogP contribution in [-0.2, 0) is 18.4 Å². The van der Waals surface area contributed by atoms with E-state index in [0.29, 0.717) is 11.0 Å². The highest BCUT2D eigenvalue weighted by Crippen LogP contribution is 2.10. The first kappa shape index (κ1) is 14.9. The summed E-state index contributed by atoms with van der Waals surface area (Å²) < 4.78 is 2.80. The maximum Gasteiger partial charge on any atom is 0.264 e. The van der Waals surface area contributed by atoms with Gasteiger partial charge in [0.1, 0.15) is 18.3 Å². The number of aromatic nitrogens is 5. The van der Waals surface area contributed by atoms with Crippen molar-refractivity contribution in [2.45, 2.75) is 19.5 Å². The molecular weight excluding hydrogens is 296 g/mol. The topological polar surface area (TPSA) is 94.7 Å². The van der Waals surface area contributed by atoms with Gasteiger partial charge in [-0.25, -0.2) is 4.98 Å². The summed E-state index contributed by atoms with van der Waals surface area (Å²) in [6.07, 6.45) is 6.16. The fourth-order valence-electron chi connectivity index (χ4n) is 2.36. The molecule has 0 saturated carbocycles. The molecule has 0 bridgehead atoms. The number of aryl methyl sites for hydroxylation is 1. The lowest BCUT2D eigenvalue weighted by Gasteiger charge is -2.14. The van der Waals surface area contributed by atoms with Crippen LogP contribution in [-0.4, -0.2) is 30.2 Å². The van der Waals surface area contributed by atoms with Gasteiger partial charge in [-0.15, -0.1) is 0 Å². The van der Waals surface area contributed by atoms with Gasteiger partial charge in [-0.05, 0) is 24.6 Å². The van der Waals surface area contributed by atoms with Gasteiger partial charge >= 0.3 is 0 Å². The van der Waals surface area contributed by atoms with Crippen molar-refractivity contribution in [2.24, 2.45) is 7.05 Å². The van der Waals surface area contributed by atoms with Crippen molar-refractivity contribution in [1.82, 2.24) is 29.6 Å². The molecule has 8 heteroatoms. The second-order valence-electron chi connectivity index (χ2n) is 5.25. The Hall–Kier alpha value is -3.03. The Morgan fingerprint density at radius 3 is 2.83 bits per heavy atom. The number of nitrogens with one attached hydrogen (secondary N) is 1. The van der Waals surface area contributed by atoms with Gasteiger partial charge in [-0.2, -0.15) is 5.10 Å². The van der Waals surface area contributed by atoms with Crippen LogP contribution >= 0.6 is 0 Å². The van der Waals surface area contributed by atoms with E-state index in [9.17, 15) is 9.59 Å². The number of nitrogens with zero attached hydrogens (tertiary/aromatic N) is 5. The third-order valence-corrected chi connectivity index (χ3v) is 3.62. The molecule has 1 amide bonds. The summed E-state index contributed by atoms with van der Waals surface area (Å²) in [7, 11) is 1.71.